The minimum absolute atomic E-state index is 0.0333. The highest BCUT2D eigenvalue weighted by molar-refractivity contribution is 5.33. The fraction of sp³-hybridized carbons (Fsp3) is 0.538. The summed E-state index contributed by atoms with van der Waals surface area (Å²) in [7, 11) is 0. The van der Waals surface area contributed by atoms with Gasteiger partial charge in [-0.05, 0) is 37.3 Å². The third kappa shape index (κ3) is 2.36. The number of halogens is 2. The first-order chi connectivity index (χ1) is 6.99. The Morgan fingerprint density at radius 2 is 2.07 bits per heavy atom. The molecule has 0 aliphatic heterocycles. The Labute approximate surface area is 90.4 Å². The van der Waals surface area contributed by atoms with Crippen molar-refractivity contribution < 1.29 is 8.78 Å². The number of hydrogen-bond donors (Lipinski definition) is 0. The molecule has 0 nitrogen and oxygen atoms in total. The van der Waals surface area contributed by atoms with Gasteiger partial charge in [0.15, 0.2) is 0 Å². The van der Waals surface area contributed by atoms with E-state index in [4.69, 9.17) is 0 Å². The molecule has 0 fully saturated rings. The molecule has 0 amide bonds. The van der Waals surface area contributed by atoms with Crippen LogP contribution in [0.15, 0.2) is 35.0 Å². The van der Waals surface area contributed by atoms with E-state index in [-0.39, 0.29) is 17.6 Å². The van der Waals surface area contributed by atoms with E-state index >= 15 is 0 Å². The monoisotopic (exact) mass is 212 g/mol. The first-order valence-corrected chi connectivity index (χ1v) is 5.38. The van der Waals surface area contributed by atoms with Crippen LogP contribution in [0, 0.1) is 11.8 Å². The van der Waals surface area contributed by atoms with Gasteiger partial charge in [-0.1, -0.05) is 26.0 Å². The summed E-state index contributed by atoms with van der Waals surface area (Å²) in [6, 6.07) is 0. The summed E-state index contributed by atoms with van der Waals surface area (Å²) >= 11 is 0. The highest BCUT2D eigenvalue weighted by atomic mass is 19.1. The summed E-state index contributed by atoms with van der Waals surface area (Å²) in [6.45, 7) is 7.07. The lowest BCUT2D eigenvalue weighted by Gasteiger charge is -2.25. The van der Waals surface area contributed by atoms with Crippen LogP contribution in [0.3, 0.4) is 0 Å². The Kier molecular flexibility index (Phi) is 3.83. The molecule has 2 heteroatoms. The number of rotatable bonds is 2. The summed E-state index contributed by atoms with van der Waals surface area (Å²) in [5, 5.41) is 0. The van der Waals surface area contributed by atoms with Crippen molar-refractivity contribution in [2.75, 3.05) is 0 Å². The third-order valence-electron chi connectivity index (χ3n) is 3.03. The fourth-order valence-corrected chi connectivity index (χ4v) is 1.99. The van der Waals surface area contributed by atoms with Gasteiger partial charge >= 0.3 is 0 Å². The molecule has 1 rings (SSSR count). The molecule has 1 aliphatic carbocycles. The van der Waals surface area contributed by atoms with Gasteiger partial charge in [0.25, 0.3) is 0 Å². The van der Waals surface area contributed by atoms with Crippen LogP contribution in [-0.4, -0.2) is 0 Å². The van der Waals surface area contributed by atoms with Crippen LogP contribution in [0.5, 0.6) is 0 Å². The van der Waals surface area contributed by atoms with E-state index in [9.17, 15) is 8.78 Å². The Balaban J connectivity index is 3.10. The van der Waals surface area contributed by atoms with Gasteiger partial charge in [0.1, 0.15) is 5.83 Å². The normalized spacial score (nSPS) is 28.1. The Morgan fingerprint density at radius 1 is 1.47 bits per heavy atom. The number of hydrogen-bond acceptors (Lipinski definition) is 0. The minimum Gasteiger partial charge on any atom is -0.212 e. The fourth-order valence-electron chi connectivity index (χ4n) is 1.99. The average Bonchev–Trinajstić information content (AvgIpc) is 2.22. The van der Waals surface area contributed by atoms with E-state index in [1.807, 2.05) is 13.0 Å². The van der Waals surface area contributed by atoms with Gasteiger partial charge in [-0.15, -0.1) is 0 Å². The molecule has 0 N–H and O–H groups in total. The Bertz CT molecular complexity index is 334. The molecular formula is C13H18F2. The van der Waals surface area contributed by atoms with Gasteiger partial charge in [-0.3, -0.25) is 0 Å². The van der Waals surface area contributed by atoms with Gasteiger partial charge in [0.05, 0.1) is 5.83 Å². The van der Waals surface area contributed by atoms with Gasteiger partial charge < -0.3 is 0 Å². The molecule has 0 radical (unpaired) electrons. The lowest BCUT2D eigenvalue weighted by atomic mass is 9.81. The van der Waals surface area contributed by atoms with Crippen molar-refractivity contribution in [3.8, 4) is 0 Å². The molecule has 0 aromatic carbocycles. The van der Waals surface area contributed by atoms with Crippen LogP contribution in [-0.2, 0) is 0 Å². The zero-order valence-corrected chi connectivity index (χ0v) is 9.77. The molecule has 0 bridgehead atoms. The molecule has 2 atom stereocenters. The Morgan fingerprint density at radius 3 is 2.60 bits per heavy atom. The highest BCUT2D eigenvalue weighted by Crippen LogP contribution is 2.37. The largest absolute Gasteiger partial charge is 0.212 e. The van der Waals surface area contributed by atoms with E-state index in [2.05, 4.69) is 0 Å². The predicted octanol–water partition coefficient (Wildman–Crippen LogP) is 4.71. The van der Waals surface area contributed by atoms with E-state index < -0.39 is 5.92 Å². The third-order valence-corrected chi connectivity index (χ3v) is 3.03. The molecule has 0 saturated carbocycles. The molecule has 15 heavy (non-hydrogen) atoms. The van der Waals surface area contributed by atoms with Crippen LogP contribution in [0.2, 0.25) is 0 Å². The van der Waals surface area contributed by atoms with Crippen molar-refractivity contribution >= 4 is 0 Å². The lowest BCUT2D eigenvalue weighted by Crippen LogP contribution is -2.17. The minimum atomic E-state index is -0.407. The maximum absolute atomic E-state index is 13.9. The van der Waals surface area contributed by atoms with Crippen LogP contribution in [0.4, 0.5) is 8.78 Å². The van der Waals surface area contributed by atoms with Crippen molar-refractivity contribution in [2.24, 2.45) is 11.8 Å². The summed E-state index contributed by atoms with van der Waals surface area (Å²) in [4.78, 5) is 0. The Hall–Kier alpha value is -0.920. The van der Waals surface area contributed by atoms with Crippen molar-refractivity contribution in [3.05, 3.63) is 35.0 Å². The van der Waals surface area contributed by atoms with E-state index in [1.165, 1.54) is 0 Å². The predicted molar refractivity (Wildman–Crippen MR) is 59.7 cm³/mol. The van der Waals surface area contributed by atoms with Crippen molar-refractivity contribution in [1.82, 2.24) is 0 Å². The maximum Gasteiger partial charge on any atom is 0.111 e. The van der Waals surface area contributed by atoms with Crippen molar-refractivity contribution in [2.45, 2.75) is 34.1 Å². The molecule has 2 unspecified atom stereocenters. The second-order valence-electron chi connectivity index (χ2n) is 4.17. The summed E-state index contributed by atoms with van der Waals surface area (Å²) in [5.41, 5.74) is 1.15. The molecule has 84 valence electrons. The van der Waals surface area contributed by atoms with Gasteiger partial charge in [-0.2, -0.15) is 0 Å². The van der Waals surface area contributed by atoms with E-state index in [0.717, 1.165) is 0 Å². The topological polar surface area (TPSA) is 0 Å². The smallest absolute Gasteiger partial charge is 0.111 e. The maximum atomic E-state index is 13.9. The molecule has 1 aliphatic rings. The van der Waals surface area contributed by atoms with Gasteiger partial charge in [0.2, 0.25) is 0 Å². The zero-order valence-electron chi connectivity index (χ0n) is 9.77. The second-order valence-corrected chi connectivity index (χ2v) is 4.17. The second kappa shape index (κ2) is 4.73. The lowest BCUT2D eigenvalue weighted by molar-refractivity contribution is 0.413. The van der Waals surface area contributed by atoms with E-state index in [1.54, 1.807) is 26.8 Å². The molecule has 0 aromatic rings. The van der Waals surface area contributed by atoms with Crippen LogP contribution in [0.1, 0.15) is 34.1 Å². The van der Waals surface area contributed by atoms with Crippen LogP contribution >= 0.6 is 0 Å². The zero-order chi connectivity index (χ0) is 11.6. The molecular weight excluding hydrogens is 194 g/mol. The quantitative estimate of drug-likeness (QED) is 0.622. The molecule has 0 spiro atoms. The molecule has 0 heterocycles. The molecule has 0 saturated heterocycles. The number of allylic oxidation sites excluding steroid dienone is 6. The SMILES string of the molecule is CC/C(F)=C(/C)C1C(F)=C(C)C=CC1C. The van der Waals surface area contributed by atoms with Crippen molar-refractivity contribution in [1.29, 1.82) is 0 Å². The van der Waals surface area contributed by atoms with E-state index in [0.29, 0.717) is 17.6 Å². The first kappa shape index (κ1) is 12.2. The van der Waals surface area contributed by atoms with Gasteiger partial charge in [-0.25, -0.2) is 8.78 Å². The standard InChI is InChI=1S/C13H18F2/c1-5-11(14)10(4)12-8(2)6-7-9(3)13(12)15/h6-8,12H,5H2,1-4H3/b11-10+. The van der Waals surface area contributed by atoms with Gasteiger partial charge in [0, 0.05) is 5.92 Å². The summed E-state index contributed by atoms with van der Waals surface area (Å²) < 4.78 is 27.3. The molecule has 0 aromatic heterocycles. The average molecular weight is 212 g/mol. The van der Waals surface area contributed by atoms with Crippen LogP contribution < -0.4 is 0 Å². The highest BCUT2D eigenvalue weighted by Gasteiger charge is 2.27. The first-order valence-electron chi connectivity index (χ1n) is 5.38. The summed E-state index contributed by atoms with van der Waals surface area (Å²) in [6.07, 6.45) is 4.05. The van der Waals surface area contributed by atoms with Crippen LogP contribution in [0.25, 0.3) is 0 Å². The van der Waals surface area contributed by atoms with Crippen molar-refractivity contribution in [3.63, 3.8) is 0 Å². The summed E-state index contributed by atoms with van der Waals surface area (Å²) in [5.74, 6) is -0.753.